The second kappa shape index (κ2) is 3.90. The van der Waals surface area contributed by atoms with Gasteiger partial charge in [0.05, 0.1) is 12.8 Å². The number of ether oxygens (including phenoxy) is 1. The number of halogens is 1. The first-order valence-electron chi connectivity index (χ1n) is 4.43. The summed E-state index contributed by atoms with van der Waals surface area (Å²) in [4.78, 5) is 0. The Morgan fingerprint density at radius 1 is 1.40 bits per heavy atom. The third-order valence-corrected chi connectivity index (χ3v) is 2.36. The molecule has 2 aromatic rings. The average Bonchev–Trinajstić information content (AvgIpc) is 2.64. The van der Waals surface area contributed by atoms with E-state index in [1.165, 1.54) is 0 Å². The first-order chi connectivity index (χ1) is 7.22. The Morgan fingerprint density at radius 3 is 2.80 bits per heavy atom. The van der Waals surface area contributed by atoms with Crippen molar-refractivity contribution >= 4 is 11.6 Å². The minimum absolute atomic E-state index is 0.318. The van der Waals surface area contributed by atoms with Crippen molar-refractivity contribution in [2.45, 2.75) is 6.92 Å². The third-order valence-electron chi connectivity index (χ3n) is 2.10. The molecular weight excluding hydrogens is 214 g/mol. The van der Waals surface area contributed by atoms with E-state index < -0.39 is 0 Å². The smallest absolute Gasteiger partial charge is 0.229 e. The van der Waals surface area contributed by atoms with Crippen LogP contribution in [0.1, 0.15) is 5.56 Å². The predicted octanol–water partition coefficient (Wildman–Crippen LogP) is 2.24. The number of methoxy groups -OCH3 is 1. The van der Waals surface area contributed by atoms with E-state index in [1.54, 1.807) is 18.0 Å². The topological polar surface area (TPSA) is 39.9 Å². The van der Waals surface area contributed by atoms with Gasteiger partial charge in [-0.2, -0.15) is 0 Å². The molecule has 4 nitrogen and oxygen atoms in total. The van der Waals surface area contributed by atoms with Gasteiger partial charge >= 0.3 is 0 Å². The summed E-state index contributed by atoms with van der Waals surface area (Å²) in [7, 11) is 1.62. The lowest BCUT2D eigenvalue weighted by Gasteiger charge is -2.09. The van der Waals surface area contributed by atoms with Crippen molar-refractivity contribution in [3.05, 3.63) is 35.4 Å². The van der Waals surface area contributed by atoms with E-state index in [2.05, 4.69) is 10.2 Å². The molecule has 0 aliphatic heterocycles. The van der Waals surface area contributed by atoms with Crippen LogP contribution in [0.3, 0.4) is 0 Å². The number of rotatable bonds is 2. The van der Waals surface area contributed by atoms with Crippen LogP contribution < -0.4 is 4.74 Å². The summed E-state index contributed by atoms with van der Waals surface area (Å²) >= 11 is 5.89. The lowest BCUT2D eigenvalue weighted by molar-refractivity contribution is 0.412. The van der Waals surface area contributed by atoms with Crippen molar-refractivity contribution in [2.24, 2.45) is 0 Å². The lowest BCUT2D eigenvalue weighted by Crippen LogP contribution is -1.97. The molecule has 15 heavy (non-hydrogen) atoms. The first kappa shape index (κ1) is 9.98. The van der Waals surface area contributed by atoms with E-state index in [4.69, 9.17) is 16.3 Å². The van der Waals surface area contributed by atoms with Crippen LogP contribution in [-0.4, -0.2) is 21.9 Å². The maximum Gasteiger partial charge on any atom is 0.229 e. The molecule has 0 N–H and O–H groups in total. The van der Waals surface area contributed by atoms with Gasteiger partial charge in [-0.25, -0.2) is 0 Å². The fraction of sp³-hybridized carbons (Fsp3) is 0.200. The van der Waals surface area contributed by atoms with Crippen LogP contribution in [0.25, 0.3) is 5.69 Å². The van der Waals surface area contributed by atoms with Gasteiger partial charge in [0.1, 0.15) is 12.1 Å². The van der Waals surface area contributed by atoms with E-state index in [9.17, 15) is 0 Å². The van der Waals surface area contributed by atoms with Crippen LogP contribution in [0.2, 0.25) is 5.28 Å². The van der Waals surface area contributed by atoms with E-state index >= 15 is 0 Å². The number of benzene rings is 1. The van der Waals surface area contributed by atoms with E-state index in [0.29, 0.717) is 5.28 Å². The van der Waals surface area contributed by atoms with Crippen LogP contribution in [0.4, 0.5) is 0 Å². The van der Waals surface area contributed by atoms with Crippen LogP contribution in [0.15, 0.2) is 24.5 Å². The molecule has 0 unspecified atom stereocenters. The molecule has 0 radical (unpaired) electrons. The second-order valence-corrected chi connectivity index (χ2v) is 3.48. The Labute approximate surface area is 92.5 Å². The van der Waals surface area contributed by atoms with Crippen molar-refractivity contribution < 1.29 is 4.74 Å². The molecule has 1 aromatic heterocycles. The minimum atomic E-state index is 0.318. The Balaban J connectivity index is 2.60. The molecule has 1 heterocycles. The van der Waals surface area contributed by atoms with Gasteiger partial charge in [-0.15, -0.1) is 10.2 Å². The van der Waals surface area contributed by atoms with Crippen molar-refractivity contribution in [2.75, 3.05) is 7.11 Å². The molecule has 0 saturated carbocycles. The van der Waals surface area contributed by atoms with Crippen molar-refractivity contribution in [1.29, 1.82) is 0 Å². The molecule has 0 amide bonds. The van der Waals surface area contributed by atoms with E-state index in [1.807, 2.05) is 25.1 Å². The minimum Gasteiger partial charge on any atom is -0.495 e. The van der Waals surface area contributed by atoms with Gasteiger partial charge in [-0.05, 0) is 36.2 Å². The van der Waals surface area contributed by atoms with E-state index in [-0.39, 0.29) is 0 Å². The maximum absolute atomic E-state index is 5.89. The van der Waals surface area contributed by atoms with Crippen LogP contribution in [0, 0.1) is 6.92 Å². The highest BCUT2D eigenvalue weighted by Gasteiger charge is 2.09. The highest BCUT2D eigenvalue weighted by atomic mass is 35.5. The Bertz CT molecular complexity index is 481. The first-order valence-corrected chi connectivity index (χ1v) is 4.80. The number of aryl methyl sites for hydroxylation is 1. The van der Waals surface area contributed by atoms with Crippen LogP contribution in [-0.2, 0) is 0 Å². The van der Waals surface area contributed by atoms with Gasteiger partial charge in [0.25, 0.3) is 0 Å². The zero-order valence-electron chi connectivity index (χ0n) is 8.44. The van der Waals surface area contributed by atoms with Gasteiger partial charge in [0, 0.05) is 0 Å². The molecule has 5 heteroatoms. The summed E-state index contributed by atoms with van der Waals surface area (Å²) in [6, 6.07) is 5.83. The summed E-state index contributed by atoms with van der Waals surface area (Å²) < 4.78 is 6.92. The molecule has 2 rings (SSSR count). The highest BCUT2D eigenvalue weighted by molar-refractivity contribution is 6.28. The molecule has 0 atom stereocenters. The fourth-order valence-electron chi connectivity index (χ4n) is 1.37. The third kappa shape index (κ3) is 1.80. The molecule has 78 valence electrons. The van der Waals surface area contributed by atoms with Gasteiger partial charge in [-0.3, -0.25) is 4.57 Å². The number of hydrogen-bond donors (Lipinski definition) is 0. The zero-order valence-corrected chi connectivity index (χ0v) is 9.19. The zero-order chi connectivity index (χ0) is 10.8. The van der Waals surface area contributed by atoms with Crippen molar-refractivity contribution in [1.82, 2.24) is 14.8 Å². The fourth-order valence-corrected chi connectivity index (χ4v) is 1.55. The monoisotopic (exact) mass is 223 g/mol. The molecule has 1 aromatic carbocycles. The summed E-state index contributed by atoms with van der Waals surface area (Å²) in [5, 5.41) is 7.77. The normalized spacial score (nSPS) is 10.3. The SMILES string of the molecule is COc1ccc(C)cc1-n1cnnc1Cl. The average molecular weight is 224 g/mol. The standard InChI is InChI=1S/C10H10ClN3O/c1-7-3-4-9(15-2)8(5-7)14-6-12-13-10(14)11/h3-6H,1-2H3. The Morgan fingerprint density at radius 2 is 2.20 bits per heavy atom. The molecule has 0 spiro atoms. The molecular formula is C10H10ClN3O. The molecule has 0 aliphatic carbocycles. The van der Waals surface area contributed by atoms with Crippen molar-refractivity contribution in [3.8, 4) is 11.4 Å². The summed E-state index contributed by atoms with van der Waals surface area (Å²) in [5.74, 6) is 0.738. The molecule has 0 bridgehead atoms. The molecule has 0 saturated heterocycles. The van der Waals surface area contributed by atoms with E-state index in [0.717, 1.165) is 17.0 Å². The maximum atomic E-state index is 5.89. The quantitative estimate of drug-likeness (QED) is 0.784. The summed E-state index contributed by atoms with van der Waals surface area (Å²) in [6.45, 7) is 2.00. The number of nitrogens with zero attached hydrogens (tertiary/aromatic N) is 3. The number of hydrogen-bond acceptors (Lipinski definition) is 3. The largest absolute Gasteiger partial charge is 0.495 e. The molecule has 0 fully saturated rings. The number of aromatic nitrogens is 3. The Kier molecular flexibility index (Phi) is 2.60. The molecule has 0 aliphatic rings. The summed E-state index contributed by atoms with van der Waals surface area (Å²) in [6.07, 6.45) is 1.56. The van der Waals surface area contributed by atoms with Gasteiger partial charge < -0.3 is 4.74 Å². The lowest BCUT2D eigenvalue weighted by atomic mass is 10.2. The van der Waals surface area contributed by atoms with Gasteiger partial charge in [-0.1, -0.05) is 6.07 Å². The van der Waals surface area contributed by atoms with Crippen LogP contribution >= 0.6 is 11.6 Å². The van der Waals surface area contributed by atoms with Crippen molar-refractivity contribution in [3.63, 3.8) is 0 Å². The summed E-state index contributed by atoms with van der Waals surface area (Å²) in [5.41, 5.74) is 1.96. The Hall–Kier alpha value is -1.55. The van der Waals surface area contributed by atoms with Gasteiger partial charge in [0.15, 0.2) is 0 Å². The highest BCUT2D eigenvalue weighted by Crippen LogP contribution is 2.25. The van der Waals surface area contributed by atoms with Crippen LogP contribution in [0.5, 0.6) is 5.75 Å². The predicted molar refractivity (Wildman–Crippen MR) is 57.7 cm³/mol. The van der Waals surface area contributed by atoms with Gasteiger partial charge in [0.2, 0.25) is 5.28 Å². The second-order valence-electron chi connectivity index (χ2n) is 3.15.